The van der Waals surface area contributed by atoms with Gasteiger partial charge in [-0.15, -0.1) is 0 Å². The fourth-order valence-corrected chi connectivity index (χ4v) is 5.43. The van der Waals surface area contributed by atoms with Crippen molar-refractivity contribution in [1.82, 2.24) is 0 Å². The molecule has 0 N–H and O–H groups in total. The van der Waals surface area contributed by atoms with Crippen LogP contribution < -0.4 is 9.64 Å². The fraction of sp³-hybridized carbons (Fsp3) is 0.375. The normalized spacial score (nSPS) is 28.5. The van der Waals surface area contributed by atoms with Crippen molar-refractivity contribution >= 4 is 23.3 Å². The molecule has 5 rings (SSSR count). The number of amides is 2. The Labute approximate surface area is 169 Å². The quantitative estimate of drug-likeness (QED) is 0.575. The second-order valence-electron chi connectivity index (χ2n) is 8.38. The fourth-order valence-electron chi connectivity index (χ4n) is 5.43. The lowest BCUT2D eigenvalue weighted by Crippen LogP contribution is -2.32. The third kappa shape index (κ3) is 2.87. The Kier molecular flexibility index (Phi) is 4.26. The molecule has 3 aliphatic rings. The van der Waals surface area contributed by atoms with Crippen LogP contribution in [0.3, 0.4) is 0 Å². The van der Waals surface area contributed by atoms with Gasteiger partial charge in [0.25, 0.3) is 0 Å². The minimum atomic E-state index is -0.631. The molecule has 0 spiro atoms. The predicted octanol–water partition coefficient (Wildman–Crippen LogP) is 3.87. The molecular weight excluding hydrogens is 366 g/mol. The number of Topliss-reactive ketones (excluding diaryl/α,β-unsaturated/α-hetero) is 1. The Morgan fingerprint density at radius 1 is 0.931 bits per heavy atom. The summed E-state index contributed by atoms with van der Waals surface area (Å²) < 4.78 is 5.78. The van der Waals surface area contributed by atoms with E-state index in [-0.39, 0.29) is 29.4 Å². The van der Waals surface area contributed by atoms with Crippen molar-refractivity contribution in [3.8, 4) is 5.75 Å². The summed E-state index contributed by atoms with van der Waals surface area (Å²) >= 11 is 0. The minimum Gasteiger partial charge on any atom is -0.483 e. The van der Waals surface area contributed by atoms with Gasteiger partial charge in [0.2, 0.25) is 17.6 Å². The van der Waals surface area contributed by atoms with Gasteiger partial charge >= 0.3 is 0 Å². The van der Waals surface area contributed by atoms with Crippen molar-refractivity contribution < 1.29 is 19.1 Å². The summed E-state index contributed by atoms with van der Waals surface area (Å²) in [7, 11) is 0. The van der Waals surface area contributed by atoms with Crippen LogP contribution in [0.25, 0.3) is 0 Å². The molecule has 5 atom stereocenters. The Morgan fingerprint density at radius 2 is 1.52 bits per heavy atom. The number of anilines is 1. The van der Waals surface area contributed by atoms with Crippen LogP contribution in [0, 0.1) is 23.7 Å². The highest BCUT2D eigenvalue weighted by Crippen LogP contribution is 2.56. The molecule has 29 heavy (non-hydrogen) atoms. The van der Waals surface area contributed by atoms with E-state index in [0.29, 0.717) is 28.8 Å². The number of rotatable bonds is 5. The third-order valence-electron chi connectivity index (χ3n) is 6.76. The van der Waals surface area contributed by atoms with Crippen molar-refractivity contribution in [2.75, 3.05) is 4.90 Å². The van der Waals surface area contributed by atoms with E-state index in [1.165, 1.54) is 4.90 Å². The molecule has 2 amide bonds. The summed E-state index contributed by atoms with van der Waals surface area (Å²) in [6.45, 7) is 1.72. The zero-order chi connectivity index (χ0) is 20.1. The maximum absolute atomic E-state index is 12.9. The lowest BCUT2D eigenvalue weighted by atomic mass is 9.81. The molecule has 1 aliphatic heterocycles. The van der Waals surface area contributed by atoms with E-state index < -0.39 is 6.10 Å². The number of ketones is 1. The van der Waals surface area contributed by atoms with Gasteiger partial charge in [0.15, 0.2) is 6.10 Å². The average Bonchev–Trinajstić information content (AvgIpc) is 3.43. The average molecular weight is 389 g/mol. The largest absolute Gasteiger partial charge is 0.483 e. The van der Waals surface area contributed by atoms with Gasteiger partial charge < -0.3 is 4.74 Å². The van der Waals surface area contributed by atoms with E-state index in [1.54, 1.807) is 43.3 Å². The van der Waals surface area contributed by atoms with Crippen LogP contribution in [0.15, 0.2) is 54.6 Å². The number of hydrogen-bond acceptors (Lipinski definition) is 4. The molecule has 1 heterocycles. The first-order valence-corrected chi connectivity index (χ1v) is 10.3. The molecule has 5 heteroatoms. The molecule has 148 valence electrons. The van der Waals surface area contributed by atoms with Crippen LogP contribution in [0.5, 0.6) is 5.75 Å². The highest BCUT2D eigenvalue weighted by atomic mass is 16.5. The second kappa shape index (κ2) is 6.83. The molecule has 1 saturated heterocycles. The maximum Gasteiger partial charge on any atom is 0.237 e. The molecule has 2 aromatic rings. The molecule has 5 nitrogen and oxygen atoms in total. The number of hydrogen-bond donors (Lipinski definition) is 0. The maximum atomic E-state index is 12.9. The molecule has 2 bridgehead atoms. The van der Waals surface area contributed by atoms with E-state index in [2.05, 4.69) is 0 Å². The van der Waals surface area contributed by atoms with E-state index in [9.17, 15) is 14.4 Å². The lowest BCUT2D eigenvalue weighted by molar-refractivity contribution is -0.123. The van der Waals surface area contributed by atoms with E-state index in [0.717, 1.165) is 19.3 Å². The van der Waals surface area contributed by atoms with Gasteiger partial charge in [0.05, 0.1) is 17.5 Å². The van der Waals surface area contributed by atoms with Crippen molar-refractivity contribution in [2.24, 2.45) is 23.7 Å². The third-order valence-corrected chi connectivity index (χ3v) is 6.76. The predicted molar refractivity (Wildman–Crippen MR) is 108 cm³/mol. The van der Waals surface area contributed by atoms with Crippen LogP contribution in [0.1, 0.15) is 36.5 Å². The summed E-state index contributed by atoms with van der Waals surface area (Å²) in [6.07, 6.45) is 2.53. The summed E-state index contributed by atoms with van der Waals surface area (Å²) in [5, 5.41) is 0. The van der Waals surface area contributed by atoms with Crippen molar-refractivity contribution in [1.29, 1.82) is 0 Å². The summed E-state index contributed by atoms with van der Waals surface area (Å²) in [5.41, 5.74) is 1.19. The Bertz CT molecular complexity index is 940. The number of imide groups is 1. The molecule has 0 radical (unpaired) electrons. The highest BCUT2D eigenvalue weighted by molar-refractivity contribution is 6.22. The lowest BCUT2D eigenvalue weighted by Gasteiger charge is -2.19. The number of ether oxygens (including phenoxy) is 1. The van der Waals surface area contributed by atoms with Crippen LogP contribution >= 0.6 is 0 Å². The van der Waals surface area contributed by atoms with Gasteiger partial charge in [0, 0.05) is 5.56 Å². The topological polar surface area (TPSA) is 63.7 Å². The first-order chi connectivity index (χ1) is 14.0. The number of nitrogens with zero attached hydrogens (tertiary/aromatic N) is 1. The zero-order valence-corrected chi connectivity index (χ0v) is 16.3. The monoisotopic (exact) mass is 389 g/mol. The van der Waals surface area contributed by atoms with Crippen molar-refractivity contribution in [3.63, 3.8) is 0 Å². The van der Waals surface area contributed by atoms with Gasteiger partial charge in [-0.2, -0.15) is 0 Å². The van der Waals surface area contributed by atoms with Gasteiger partial charge in [0.1, 0.15) is 5.75 Å². The smallest absolute Gasteiger partial charge is 0.237 e. The Hall–Kier alpha value is -2.95. The van der Waals surface area contributed by atoms with Crippen LogP contribution in [0.2, 0.25) is 0 Å². The first kappa shape index (κ1) is 18.1. The van der Waals surface area contributed by atoms with Crippen LogP contribution in [0.4, 0.5) is 5.69 Å². The first-order valence-electron chi connectivity index (χ1n) is 10.3. The van der Waals surface area contributed by atoms with E-state index in [4.69, 9.17) is 4.74 Å². The summed E-state index contributed by atoms with van der Waals surface area (Å²) in [6, 6.07) is 15.9. The Morgan fingerprint density at radius 3 is 2.10 bits per heavy atom. The van der Waals surface area contributed by atoms with Crippen LogP contribution in [-0.2, 0) is 9.59 Å². The summed E-state index contributed by atoms with van der Waals surface area (Å²) in [4.78, 5) is 39.7. The number of fused-ring (bicyclic) bond motifs is 5. The molecule has 0 aromatic heterocycles. The molecule has 3 fully saturated rings. The van der Waals surface area contributed by atoms with E-state index >= 15 is 0 Å². The van der Waals surface area contributed by atoms with Crippen molar-refractivity contribution in [3.05, 3.63) is 60.2 Å². The van der Waals surface area contributed by atoms with Gasteiger partial charge in [-0.1, -0.05) is 30.3 Å². The SMILES string of the molecule is C[C@@H](Oc1ccc(N2C(=O)[C@@H]3[C@@H]4CC[C@@H](C4)[C@@H]3C2=O)cc1)C(=O)c1ccccc1. The second-order valence-corrected chi connectivity index (χ2v) is 8.38. The standard InChI is InChI=1S/C24H23NO4/c1-14(22(26)15-5-3-2-4-6-15)29-19-11-9-18(10-12-19)25-23(27)20-16-7-8-17(13-16)21(20)24(25)28/h2-6,9-12,14,16-17,20-21H,7-8,13H2,1H3/t14-,16-,17+,20-,21+/m1/s1. The number of benzene rings is 2. The molecule has 2 saturated carbocycles. The molecular formula is C24H23NO4. The number of carbonyl (C=O) groups is 3. The zero-order valence-electron chi connectivity index (χ0n) is 16.3. The van der Waals surface area contributed by atoms with Gasteiger partial charge in [-0.05, 0) is 62.3 Å². The van der Waals surface area contributed by atoms with Gasteiger partial charge in [-0.25, -0.2) is 0 Å². The molecule has 2 aliphatic carbocycles. The Balaban J connectivity index is 1.30. The van der Waals surface area contributed by atoms with Crippen LogP contribution in [-0.4, -0.2) is 23.7 Å². The number of carbonyl (C=O) groups excluding carboxylic acids is 3. The van der Waals surface area contributed by atoms with Crippen molar-refractivity contribution in [2.45, 2.75) is 32.3 Å². The van der Waals surface area contributed by atoms with E-state index in [1.807, 2.05) is 18.2 Å². The highest BCUT2D eigenvalue weighted by Gasteiger charge is 2.61. The molecule has 2 aromatic carbocycles. The van der Waals surface area contributed by atoms with Gasteiger partial charge in [-0.3, -0.25) is 19.3 Å². The summed E-state index contributed by atoms with van der Waals surface area (Å²) in [5.74, 6) is 0.842. The molecule has 0 unspecified atom stereocenters. The minimum absolute atomic E-state index is 0.0477.